The molecule has 2 nitrogen and oxygen atoms in total. The van der Waals surface area contributed by atoms with Crippen LogP contribution < -0.4 is 5.32 Å². The number of hydrogen-bond donors (Lipinski definition) is 1. The minimum absolute atomic E-state index is 0.404. The molecule has 1 saturated heterocycles. The summed E-state index contributed by atoms with van der Waals surface area (Å²) in [6, 6.07) is 0. The van der Waals surface area contributed by atoms with Crippen LogP contribution in [-0.2, 0) is 4.74 Å². The van der Waals surface area contributed by atoms with Crippen molar-refractivity contribution < 1.29 is 4.74 Å². The Labute approximate surface area is 97.7 Å². The van der Waals surface area contributed by atoms with Gasteiger partial charge < -0.3 is 10.1 Å². The van der Waals surface area contributed by atoms with Gasteiger partial charge in [-0.2, -0.15) is 0 Å². The van der Waals surface area contributed by atoms with Gasteiger partial charge in [-0.3, -0.25) is 0 Å². The average Bonchev–Trinajstić information content (AvgIpc) is 2.77. The molecule has 0 aromatic carbocycles. The molecule has 4 unspecified atom stereocenters. The standard InChI is InChI=1S/C12H22ClNO/c1-9-5-6-11(15-9)8-14-7-10-3-2-4-12(10)13/h9-12,14H,2-8H2,1H3. The number of alkyl halides is 1. The van der Waals surface area contributed by atoms with Crippen LogP contribution >= 0.6 is 11.6 Å². The molecule has 0 bridgehead atoms. The summed E-state index contributed by atoms with van der Waals surface area (Å²) in [7, 11) is 0. The molecular formula is C12H22ClNO. The predicted octanol–water partition coefficient (Wildman–Crippen LogP) is 2.55. The van der Waals surface area contributed by atoms with E-state index >= 15 is 0 Å². The Kier molecular flexibility index (Phi) is 4.30. The van der Waals surface area contributed by atoms with Gasteiger partial charge in [-0.05, 0) is 45.1 Å². The fraction of sp³-hybridized carbons (Fsp3) is 1.00. The zero-order valence-corrected chi connectivity index (χ0v) is 10.3. The SMILES string of the molecule is CC1CCC(CNCC2CCCC2Cl)O1. The summed E-state index contributed by atoms with van der Waals surface area (Å²) >= 11 is 6.23. The largest absolute Gasteiger partial charge is 0.374 e. The first-order valence-corrected chi connectivity index (χ1v) is 6.69. The lowest BCUT2D eigenvalue weighted by Crippen LogP contribution is -2.32. The molecule has 1 aliphatic carbocycles. The quantitative estimate of drug-likeness (QED) is 0.751. The third-order valence-electron chi connectivity index (χ3n) is 3.66. The van der Waals surface area contributed by atoms with Crippen LogP contribution in [0.15, 0.2) is 0 Å². The van der Waals surface area contributed by atoms with Gasteiger partial charge in [0.05, 0.1) is 12.2 Å². The van der Waals surface area contributed by atoms with Gasteiger partial charge in [0.2, 0.25) is 0 Å². The van der Waals surface area contributed by atoms with E-state index in [1.807, 2.05) is 0 Å². The Hall–Kier alpha value is 0.210. The van der Waals surface area contributed by atoms with Crippen molar-refractivity contribution in [2.24, 2.45) is 5.92 Å². The van der Waals surface area contributed by atoms with Crippen molar-refractivity contribution in [1.82, 2.24) is 5.32 Å². The molecule has 0 spiro atoms. The maximum absolute atomic E-state index is 6.23. The molecule has 0 radical (unpaired) electrons. The third-order valence-corrected chi connectivity index (χ3v) is 4.24. The molecule has 4 atom stereocenters. The topological polar surface area (TPSA) is 21.3 Å². The van der Waals surface area contributed by atoms with Gasteiger partial charge in [-0.15, -0.1) is 11.6 Å². The Morgan fingerprint density at radius 3 is 2.67 bits per heavy atom. The normalized spacial score (nSPS) is 41.2. The minimum atomic E-state index is 0.404. The van der Waals surface area contributed by atoms with Crippen LogP contribution in [0.25, 0.3) is 0 Å². The second kappa shape index (κ2) is 5.51. The van der Waals surface area contributed by atoms with Gasteiger partial charge in [-0.1, -0.05) is 6.42 Å². The van der Waals surface area contributed by atoms with E-state index in [9.17, 15) is 0 Å². The summed E-state index contributed by atoms with van der Waals surface area (Å²) in [5, 5.41) is 3.91. The molecular weight excluding hydrogens is 210 g/mol. The van der Waals surface area contributed by atoms with Crippen LogP contribution in [0.4, 0.5) is 0 Å². The van der Waals surface area contributed by atoms with Crippen LogP contribution in [0.2, 0.25) is 0 Å². The zero-order valence-electron chi connectivity index (χ0n) is 9.55. The zero-order chi connectivity index (χ0) is 10.7. The first-order valence-electron chi connectivity index (χ1n) is 6.26. The molecule has 88 valence electrons. The fourth-order valence-corrected chi connectivity index (χ4v) is 3.06. The van der Waals surface area contributed by atoms with E-state index in [-0.39, 0.29) is 0 Å². The molecule has 3 heteroatoms. The van der Waals surface area contributed by atoms with Crippen molar-refractivity contribution in [3.8, 4) is 0 Å². The lowest BCUT2D eigenvalue weighted by atomic mass is 10.1. The summed E-state index contributed by atoms with van der Waals surface area (Å²) < 4.78 is 5.76. The second-order valence-electron chi connectivity index (χ2n) is 5.01. The fourth-order valence-electron chi connectivity index (χ4n) is 2.69. The van der Waals surface area contributed by atoms with Crippen molar-refractivity contribution in [1.29, 1.82) is 0 Å². The number of nitrogens with one attached hydrogen (secondary N) is 1. The average molecular weight is 232 g/mol. The van der Waals surface area contributed by atoms with E-state index in [4.69, 9.17) is 16.3 Å². The van der Waals surface area contributed by atoms with Crippen molar-refractivity contribution in [2.45, 2.75) is 56.6 Å². The van der Waals surface area contributed by atoms with Gasteiger partial charge in [0, 0.05) is 11.9 Å². The monoisotopic (exact) mass is 231 g/mol. The second-order valence-corrected chi connectivity index (χ2v) is 5.57. The van der Waals surface area contributed by atoms with Crippen LogP contribution in [0.3, 0.4) is 0 Å². The van der Waals surface area contributed by atoms with E-state index in [0.29, 0.717) is 23.5 Å². The molecule has 1 saturated carbocycles. The number of halogens is 1. The van der Waals surface area contributed by atoms with Crippen molar-refractivity contribution in [3.63, 3.8) is 0 Å². The molecule has 1 N–H and O–H groups in total. The van der Waals surface area contributed by atoms with Gasteiger partial charge in [0.15, 0.2) is 0 Å². The Morgan fingerprint density at radius 2 is 2.07 bits per heavy atom. The van der Waals surface area contributed by atoms with E-state index in [1.165, 1.54) is 32.1 Å². The first kappa shape index (κ1) is 11.7. The third kappa shape index (κ3) is 3.33. The smallest absolute Gasteiger partial charge is 0.0704 e. The van der Waals surface area contributed by atoms with Crippen molar-refractivity contribution in [2.75, 3.05) is 13.1 Å². The molecule has 0 aromatic rings. The highest BCUT2D eigenvalue weighted by atomic mass is 35.5. The Morgan fingerprint density at radius 1 is 1.20 bits per heavy atom. The van der Waals surface area contributed by atoms with Crippen LogP contribution in [0.5, 0.6) is 0 Å². The highest BCUT2D eigenvalue weighted by molar-refractivity contribution is 6.20. The summed E-state index contributed by atoms with van der Waals surface area (Å²) in [5.41, 5.74) is 0. The molecule has 15 heavy (non-hydrogen) atoms. The minimum Gasteiger partial charge on any atom is -0.374 e. The predicted molar refractivity (Wildman–Crippen MR) is 63.4 cm³/mol. The van der Waals surface area contributed by atoms with Gasteiger partial charge >= 0.3 is 0 Å². The molecule has 2 fully saturated rings. The number of ether oxygens (including phenoxy) is 1. The first-order chi connectivity index (χ1) is 7.25. The number of hydrogen-bond acceptors (Lipinski definition) is 2. The summed E-state index contributed by atoms with van der Waals surface area (Å²) in [4.78, 5) is 0. The molecule has 0 amide bonds. The molecule has 2 aliphatic rings. The molecule has 1 heterocycles. The lowest BCUT2D eigenvalue weighted by molar-refractivity contribution is 0.0556. The molecule has 1 aliphatic heterocycles. The molecule has 2 rings (SSSR count). The van der Waals surface area contributed by atoms with E-state index in [0.717, 1.165) is 13.1 Å². The Bertz CT molecular complexity index is 200. The van der Waals surface area contributed by atoms with Gasteiger partial charge in [0.25, 0.3) is 0 Å². The number of rotatable bonds is 4. The van der Waals surface area contributed by atoms with Crippen LogP contribution in [0.1, 0.15) is 39.0 Å². The van der Waals surface area contributed by atoms with Crippen molar-refractivity contribution in [3.05, 3.63) is 0 Å². The highest BCUT2D eigenvalue weighted by Crippen LogP contribution is 2.29. The van der Waals surface area contributed by atoms with Gasteiger partial charge in [0.1, 0.15) is 0 Å². The van der Waals surface area contributed by atoms with Gasteiger partial charge in [-0.25, -0.2) is 0 Å². The molecule has 0 aromatic heterocycles. The summed E-state index contributed by atoms with van der Waals surface area (Å²) in [6.07, 6.45) is 7.13. The summed E-state index contributed by atoms with van der Waals surface area (Å²) in [6.45, 7) is 4.23. The maximum atomic E-state index is 6.23. The van der Waals surface area contributed by atoms with E-state index in [1.54, 1.807) is 0 Å². The highest BCUT2D eigenvalue weighted by Gasteiger charge is 2.26. The van der Waals surface area contributed by atoms with Crippen LogP contribution in [-0.4, -0.2) is 30.7 Å². The summed E-state index contributed by atoms with van der Waals surface area (Å²) in [5.74, 6) is 0.686. The van der Waals surface area contributed by atoms with E-state index < -0.39 is 0 Å². The van der Waals surface area contributed by atoms with E-state index in [2.05, 4.69) is 12.2 Å². The van der Waals surface area contributed by atoms with Crippen LogP contribution in [0, 0.1) is 5.92 Å². The van der Waals surface area contributed by atoms with Crippen molar-refractivity contribution >= 4 is 11.6 Å². The maximum Gasteiger partial charge on any atom is 0.0704 e. The Balaban J connectivity index is 1.58. The lowest BCUT2D eigenvalue weighted by Gasteiger charge is -2.17.